The normalized spacial score (nSPS) is 8.76. The predicted octanol–water partition coefficient (Wildman–Crippen LogP) is 0.926. The third-order valence-corrected chi connectivity index (χ3v) is 1.50. The van der Waals surface area contributed by atoms with Gasteiger partial charge in [-0.25, -0.2) is 0 Å². The van der Waals surface area contributed by atoms with Crippen LogP contribution in [0, 0.1) is 0 Å². The Morgan fingerprint density at radius 1 is 1.29 bits per heavy atom. The number of hydrogen-bond donors (Lipinski definition) is 2. The van der Waals surface area contributed by atoms with Crippen molar-refractivity contribution in [3.8, 4) is 5.75 Å². The van der Waals surface area contributed by atoms with Crippen LogP contribution in [0.3, 0.4) is 0 Å². The van der Waals surface area contributed by atoms with Gasteiger partial charge in [0.1, 0.15) is 5.75 Å². The second kappa shape index (κ2) is 9.23. The van der Waals surface area contributed by atoms with Crippen LogP contribution in [0.1, 0.15) is 5.56 Å². The van der Waals surface area contributed by atoms with Gasteiger partial charge < -0.3 is 16.2 Å². The van der Waals surface area contributed by atoms with Crippen molar-refractivity contribution in [3.05, 3.63) is 29.8 Å². The number of guanidine groups is 1. The number of benzene rings is 1. The Hall–Kier alpha value is -2.01. The summed E-state index contributed by atoms with van der Waals surface area (Å²) >= 11 is 0. The zero-order chi connectivity index (χ0) is 13.1. The maximum absolute atomic E-state index is 8.35. The van der Waals surface area contributed by atoms with Gasteiger partial charge in [0.25, 0.3) is 0 Å². The van der Waals surface area contributed by atoms with Crippen LogP contribution in [0.4, 0.5) is 0 Å². The molecular weight excluding hydrogens is 243 g/mol. The van der Waals surface area contributed by atoms with E-state index in [4.69, 9.17) is 25.3 Å². The first-order valence-corrected chi connectivity index (χ1v) is 5.08. The van der Waals surface area contributed by atoms with Crippen LogP contribution >= 0.6 is 8.34 Å². The Morgan fingerprint density at radius 3 is 2.24 bits per heavy atom. The molecule has 0 aliphatic rings. The summed E-state index contributed by atoms with van der Waals surface area (Å²) in [6.07, 6.45) is 1.55. The van der Waals surface area contributed by atoms with Gasteiger partial charge in [-0.1, -0.05) is 0 Å². The monoisotopic (exact) mass is 255 g/mol. The van der Waals surface area contributed by atoms with Gasteiger partial charge in [-0.2, -0.15) is 5.10 Å². The molecule has 0 atom stereocenters. The van der Waals surface area contributed by atoms with Crippen molar-refractivity contribution in [2.24, 2.45) is 21.7 Å². The van der Waals surface area contributed by atoms with E-state index in [2.05, 4.69) is 10.2 Å². The van der Waals surface area contributed by atoms with Gasteiger partial charge in [0.15, 0.2) is 0 Å². The van der Waals surface area contributed by atoms with Gasteiger partial charge in [0.05, 0.1) is 13.3 Å². The second-order valence-corrected chi connectivity index (χ2v) is 2.77. The summed E-state index contributed by atoms with van der Waals surface area (Å²) in [7, 11) is 0.530. The van der Waals surface area contributed by atoms with E-state index in [1.807, 2.05) is 24.3 Å². The van der Waals surface area contributed by atoms with E-state index in [9.17, 15) is 0 Å². The molecule has 0 fully saturated rings. The minimum absolute atomic E-state index is 0.0604. The number of methoxy groups -OCH3 is 1. The summed E-state index contributed by atoms with van der Waals surface area (Å²) in [4.78, 5) is 0. The molecule has 0 heterocycles. The Kier molecular flexibility index (Phi) is 8.14. The molecule has 0 aliphatic carbocycles. The standard InChI is InChI=1S/C9H12N4O.O2P/c1-14-8-4-2-7(3-5-8)6-12-13-9(10)11;1-3-2/h2-6H,1H3,(H4,10,11,13);/q;+1/b12-6+;. The number of hydrogen-bond acceptors (Lipinski definition) is 5. The third kappa shape index (κ3) is 7.87. The van der Waals surface area contributed by atoms with E-state index >= 15 is 0 Å². The van der Waals surface area contributed by atoms with E-state index in [1.54, 1.807) is 13.3 Å². The summed E-state index contributed by atoms with van der Waals surface area (Å²) in [6, 6.07) is 7.36. The molecule has 0 saturated carbocycles. The Morgan fingerprint density at radius 2 is 1.82 bits per heavy atom. The van der Waals surface area contributed by atoms with Crippen molar-refractivity contribution in [3.63, 3.8) is 0 Å². The van der Waals surface area contributed by atoms with Crippen molar-refractivity contribution in [1.82, 2.24) is 0 Å². The Balaban J connectivity index is 0.000000770. The molecule has 0 unspecified atom stereocenters. The molecule has 0 aromatic heterocycles. The molecule has 7 nitrogen and oxygen atoms in total. The molecule has 8 heteroatoms. The zero-order valence-electron chi connectivity index (χ0n) is 9.11. The number of nitrogens with two attached hydrogens (primary N) is 2. The van der Waals surface area contributed by atoms with Crippen LogP contribution in [0.15, 0.2) is 34.5 Å². The fourth-order valence-corrected chi connectivity index (χ4v) is 0.852. The molecule has 0 radical (unpaired) electrons. The van der Waals surface area contributed by atoms with E-state index < -0.39 is 8.34 Å². The summed E-state index contributed by atoms with van der Waals surface area (Å²) in [5.74, 6) is 0.735. The van der Waals surface area contributed by atoms with Crippen LogP contribution in [0.5, 0.6) is 5.75 Å². The SMILES string of the molecule is COc1ccc(/C=N/N=C(N)N)cc1.O=[P+]=O. The van der Waals surface area contributed by atoms with Gasteiger partial charge in [-0.05, 0) is 29.8 Å². The molecule has 1 rings (SSSR count). The van der Waals surface area contributed by atoms with E-state index in [-0.39, 0.29) is 5.96 Å². The molecule has 1 aromatic carbocycles. The maximum atomic E-state index is 8.35. The molecule has 0 spiro atoms. The van der Waals surface area contributed by atoms with Crippen molar-refractivity contribution in [2.75, 3.05) is 7.11 Å². The van der Waals surface area contributed by atoms with Gasteiger partial charge in [0, 0.05) is 0 Å². The van der Waals surface area contributed by atoms with Gasteiger partial charge >= 0.3 is 17.5 Å². The van der Waals surface area contributed by atoms with Gasteiger partial charge in [-0.3, -0.25) is 0 Å². The first-order chi connectivity index (χ1) is 8.13. The van der Waals surface area contributed by atoms with Crippen molar-refractivity contribution >= 4 is 20.5 Å². The molecule has 0 amide bonds. The molecule has 4 N–H and O–H groups in total. The quantitative estimate of drug-likeness (QED) is 0.360. The molecule has 1 aromatic rings. The van der Waals surface area contributed by atoms with Crippen LogP contribution in [-0.2, 0) is 9.13 Å². The number of ether oxygens (including phenoxy) is 1. The molecule has 0 bridgehead atoms. The van der Waals surface area contributed by atoms with Crippen LogP contribution in [-0.4, -0.2) is 19.3 Å². The molecule has 17 heavy (non-hydrogen) atoms. The van der Waals surface area contributed by atoms with Gasteiger partial charge in [0.2, 0.25) is 5.96 Å². The second-order valence-electron chi connectivity index (χ2n) is 2.62. The summed E-state index contributed by atoms with van der Waals surface area (Å²) in [6.45, 7) is 0. The Labute approximate surface area is 99.4 Å². The van der Waals surface area contributed by atoms with E-state index in [1.165, 1.54) is 0 Å². The summed E-state index contributed by atoms with van der Waals surface area (Å²) in [5, 5.41) is 7.14. The third-order valence-electron chi connectivity index (χ3n) is 1.50. The van der Waals surface area contributed by atoms with E-state index in [0.29, 0.717) is 0 Å². The molecular formula is C9H12N4O3P+. The summed E-state index contributed by atoms with van der Waals surface area (Å²) in [5.41, 5.74) is 11.1. The topological polar surface area (TPSA) is 120 Å². The van der Waals surface area contributed by atoms with Crippen LogP contribution in [0.2, 0.25) is 0 Å². The number of rotatable bonds is 3. The Bertz CT molecular complexity index is 420. The first kappa shape index (κ1) is 15.0. The van der Waals surface area contributed by atoms with E-state index in [0.717, 1.165) is 11.3 Å². The zero-order valence-corrected chi connectivity index (χ0v) is 10.0. The number of nitrogens with zero attached hydrogens (tertiary/aromatic N) is 2. The molecule has 90 valence electrons. The average molecular weight is 255 g/mol. The summed E-state index contributed by atoms with van der Waals surface area (Å²) < 4.78 is 21.7. The average Bonchev–Trinajstić information content (AvgIpc) is 2.30. The predicted molar refractivity (Wildman–Crippen MR) is 64.7 cm³/mol. The van der Waals surface area contributed by atoms with Crippen LogP contribution < -0.4 is 16.2 Å². The minimum atomic E-state index is -1.08. The molecule has 0 saturated heterocycles. The fourth-order valence-electron chi connectivity index (χ4n) is 0.852. The van der Waals surface area contributed by atoms with Crippen LogP contribution in [0.25, 0.3) is 0 Å². The van der Waals surface area contributed by atoms with Crippen molar-refractivity contribution in [2.45, 2.75) is 0 Å². The molecule has 0 aliphatic heterocycles. The first-order valence-electron chi connectivity index (χ1n) is 4.35. The van der Waals surface area contributed by atoms with Crippen molar-refractivity contribution < 1.29 is 13.9 Å². The van der Waals surface area contributed by atoms with Crippen molar-refractivity contribution in [1.29, 1.82) is 0 Å². The van der Waals surface area contributed by atoms with Gasteiger partial charge in [-0.15, -0.1) is 5.10 Å². The fraction of sp³-hybridized carbons (Fsp3) is 0.111.